The maximum absolute atomic E-state index is 13.3. The Balaban J connectivity index is 2.54. The third kappa shape index (κ3) is 8.54. The smallest absolute Gasteiger partial charge is 0.331 e. The summed E-state index contributed by atoms with van der Waals surface area (Å²) >= 11 is 3.45. The van der Waals surface area contributed by atoms with Crippen molar-refractivity contribution in [1.82, 2.24) is 0 Å². The Bertz CT molecular complexity index is 1020. The van der Waals surface area contributed by atoms with Crippen molar-refractivity contribution in [2.75, 3.05) is 18.5 Å². The van der Waals surface area contributed by atoms with Crippen LogP contribution >= 0.6 is 15.9 Å². The molecule has 3 unspecified atom stereocenters. The molecule has 0 radical (unpaired) electrons. The van der Waals surface area contributed by atoms with Crippen molar-refractivity contribution in [3.63, 3.8) is 0 Å². The first-order valence-electron chi connectivity index (χ1n) is 13.5. The van der Waals surface area contributed by atoms with Gasteiger partial charge in [-0.25, -0.2) is 4.79 Å². The highest BCUT2D eigenvalue weighted by Gasteiger charge is 2.54. The minimum absolute atomic E-state index is 0.00159. The average molecular weight is 644 g/mol. The normalized spacial score (nSPS) is 23.2. The molecule has 1 aliphatic rings. The molecular formula is C27H47BrN4O5Si2. The van der Waals surface area contributed by atoms with Crippen LogP contribution < -0.4 is 5.32 Å². The number of hydrogen-bond donors (Lipinski definition) is 1. The Morgan fingerprint density at radius 1 is 1.10 bits per heavy atom. The number of halogens is 1. The highest BCUT2D eigenvalue weighted by atomic mass is 79.9. The summed E-state index contributed by atoms with van der Waals surface area (Å²) in [6.07, 6.45) is -1.94. The molecule has 0 spiro atoms. The zero-order valence-corrected chi connectivity index (χ0v) is 29.0. The molecule has 1 fully saturated rings. The van der Waals surface area contributed by atoms with Gasteiger partial charge < -0.3 is 23.6 Å². The van der Waals surface area contributed by atoms with Crippen LogP contribution in [0.1, 0.15) is 48.5 Å². The number of azide groups is 1. The summed E-state index contributed by atoms with van der Waals surface area (Å²) in [5.41, 5.74) is 10.3. The van der Waals surface area contributed by atoms with Crippen molar-refractivity contribution >= 4 is 44.2 Å². The molecule has 9 nitrogen and oxygen atoms in total. The van der Waals surface area contributed by atoms with E-state index in [1.807, 2.05) is 24.3 Å². The van der Waals surface area contributed by atoms with E-state index < -0.39 is 53.0 Å². The fraction of sp³-hybridized carbons (Fsp3) is 0.741. The molecule has 5 atom stereocenters. The van der Waals surface area contributed by atoms with Crippen LogP contribution in [-0.4, -0.2) is 66.2 Å². The maximum atomic E-state index is 13.3. The number of hydrogen-bond acceptors (Lipinski definition) is 7. The molecule has 1 aliphatic heterocycles. The van der Waals surface area contributed by atoms with Gasteiger partial charge in [-0.3, -0.25) is 0 Å². The third-order valence-corrected chi connectivity index (χ3v) is 17.7. The van der Waals surface area contributed by atoms with E-state index in [0.29, 0.717) is 5.69 Å². The van der Waals surface area contributed by atoms with Crippen LogP contribution in [0.15, 0.2) is 33.9 Å². The summed E-state index contributed by atoms with van der Waals surface area (Å²) in [7, 11) is -4.46. The van der Waals surface area contributed by atoms with Gasteiger partial charge in [-0.05, 0) is 73.0 Å². The van der Waals surface area contributed by atoms with Crippen molar-refractivity contribution < 1.29 is 23.1 Å². The van der Waals surface area contributed by atoms with Gasteiger partial charge in [0, 0.05) is 15.1 Å². The number of esters is 1. The number of ether oxygens (including phenoxy) is 2. The van der Waals surface area contributed by atoms with Crippen LogP contribution in [0.4, 0.5) is 5.69 Å². The fourth-order valence-electron chi connectivity index (χ4n) is 3.77. The highest BCUT2D eigenvalue weighted by Crippen LogP contribution is 2.42. The molecule has 1 heterocycles. The highest BCUT2D eigenvalue weighted by molar-refractivity contribution is 9.10. The van der Waals surface area contributed by atoms with Gasteiger partial charge in [-0.2, -0.15) is 0 Å². The first-order valence-corrected chi connectivity index (χ1v) is 20.2. The molecule has 0 aromatic heterocycles. The lowest BCUT2D eigenvalue weighted by Crippen LogP contribution is -2.52. The maximum Gasteiger partial charge on any atom is 0.331 e. The van der Waals surface area contributed by atoms with Crippen LogP contribution in [0.5, 0.6) is 0 Å². The van der Waals surface area contributed by atoms with E-state index >= 15 is 0 Å². The summed E-state index contributed by atoms with van der Waals surface area (Å²) in [5, 5.41) is 7.35. The monoisotopic (exact) mass is 642 g/mol. The molecule has 1 saturated heterocycles. The molecule has 1 N–H and O–H groups in total. The first-order chi connectivity index (χ1) is 17.8. The minimum Gasteiger partial charge on any atom is -0.464 e. The molecule has 1 aromatic carbocycles. The van der Waals surface area contributed by atoms with Crippen molar-refractivity contribution in [2.45, 2.75) is 115 Å². The Labute approximate surface area is 244 Å². The molecular weight excluding hydrogens is 596 g/mol. The van der Waals surface area contributed by atoms with E-state index in [9.17, 15) is 10.3 Å². The Morgan fingerprint density at radius 2 is 1.67 bits per heavy atom. The van der Waals surface area contributed by atoms with E-state index in [1.165, 1.54) is 0 Å². The van der Waals surface area contributed by atoms with Crippen LogP contribution in [-0.2, 0) is 23.1 Å². The number of carbonyl (C=O) groups is 1. The number of nitrogens with zero attached hydrogens (tertiary/aromatic N) is 3. The van der Waals surface area contributed by atoms with E-state index in [2.05, 4.69) is 99.0 Å². The molecule has 0 aliphatic carbocycles. The zero-order valence-electron chi connectivity index (χ0n) is 25.4. The number of rotatable bonds is 11. The minimum atomic E-state index is -2.33. The number of nitrogens with one attached hydrogen (secondary N) is 1. The Hall–Kier alpha value is -1.41. The molecule has 2 rings (SSSR count). The van der Waals surface area contributed by atoms with Crippen LogP contribution in [0.3, 0.4) is 0 Å². The lowest BCUT2D eigenvalue weighted by Gasteiger charge is -2.41. The summed E-state index contributed by atoms with van der Waals surface area (Å²) in [5.74, 6) is -0.486. The first kappa shape index (κ1) is 33.8. The van der Waals surface area contributed by atoms with Gasteiger partial charge in [0.1, 0.15) is 12.2 Å². The predicted molar refractivity (Wildman–Crippen MR) is 165 cm³/mol. The molecule has 220 valence electrons. The van der Waals surface area contributed by atoms with Gasteiger partial charge in [0.2, 0.25) is 0 Å². The SMILES string of the molecule is CCOC(=O)C(Nc1ccc(Br)cc1)C1O[C@H](CO[Si](C)(C)C(C)(C)C)[C@@H](O[Si](C)(C)C(C)(C)C)C1N=[N+]=[N-]. The van der Waals surface area contributed by atoms with Crippen molar-refractivity contribution in [1.29, 1.82) is 0 Å². The van der Waals surface area contributed by atoms with Gasteiger partial charge in [0.05, 0.1) is 25.4 Å². The quantitative estimate of drug-likeness (QED) is 0.0871. The summed E-state index contributed by atoms with van der Waals surface area (Å²) in [6.45, 7) is 23.9. The lowest BCUT2D eigenvalue weighted by atomic mass is 9.99. The number of carbonyl (C=O) groups excluding carboxylic acids is 1. The average Bonchev–Trinajstić information content (AvgIpc) is 3.12. The van der Waals surface area contributed by atoms with E-state index in [1.54, 1.807) is 6.92 Å². The second-order valence-corrected chi connectivity index (χ2v) is 23.6. The van der Waals surface area contributed by atoms with Crippen molar-refractivity contribution in [2.24, 2.45) is 5.11 Å². The Kier molecular flexibility index (Phi) is 11.3. The van der Waals surface area contributed by atoms with Gasteiger partial charge in [0.15, 0.2) is 22.7 Å². The second-order valence-electron chi connectivity index (χ2n) is 13.1. The van der Waals surface area contributed by atoms with Gasteiger partial charge in [-0.1, -0.05) is 62.6 Å². The van der Waals surface area contributed by atoms with Crippen molar-refractivity contribution in [3.05, 3.63) is 39.2 Å². The fourth-order valence-corrected chi connectivity index (χ4v) is 6.37. The Morgan fingerprint density at radius 3 is 2.15 bits per heavy atom. The number of benzene rings is 1. The predicted octanol–water partition coefficient (Wildman–Crippen LogP) is 7.65. The third-order valence-electron chi connectivity index (χ3n) is 8.24. The second kappa shape index (κ2) is 13.1. The van der Waals surface area contributed by atoms with E-state index in [4.69, 9.17) is 18.3 Å². The summed E-state index contributed by atoms with van der Waals surface area (Å²) < 4.78 is 26.4. The van der Waals surface area contributed by atoms with E-state index in [-0.39, 0.29) is 23.3 Å². The largest absolute Gasteiger partial charge is 0.464 e. The summed E-state index contributed by atoms with van der Waals surface area (Å²) in [6, 6.07) is 5.78. The van der Waals surface area contributed by atoms with Gasteiger partial charge in [-0.15, -0.1) is 0 Å². The van der Waals surface area contributed by atoms with Gasteiger partial charge >= 0.3 is 5.97 Å². The zero-order chi connectivity index (χ0) is 29.8. The topological polar surface area (TPSA) is 115 Å². The summed E-state index contributed by atoms with van der Waals surface area (Å²) in [4.78, 5) is 16.5. The van der Waals surface area contributed by atoms with E-state index in [0.717, 1.165) is 4.47 Å². The van der Waals surface area contributed by atoms with Crippen LogP contribution in [0.2, 0.25) is 36.3 Å². The molecule has 0 amide bonds. The molecule has 0 saturated carbocycles. The lowest BCUT2D eigenvalue weighted by molar-refractivity contribution is -0.148. The molecule has 12 heteroatoms. The van der Waals surface area contributed by atoms with Crippen molar-refractivity contribution in [3.8, 4) is 0 Å². The molecule has 1 aromatic rings. The molecule has 39 heavy (non-hydrogen) atoms. The number of anilines is 1. The van der Waals surface area contributed by atoms with Gasteiger partial charge in [0.25, 0.3) is 0 Å². The van der Waals surface area contributed by atoms with Crippen LogP contribution in [0.25, 0.3) is 10.4 Å². The van der Waals surface area contributed by atoms with Crippen LogP contribution in [0, 0.1) is 0 Å². The molecule has 0 bridgehead atoms. The standard InChI is InChI=1S/C27H47BrN4O5Si2/c1-12-34-25(33)22(30-19-15-13-18(28)14-16-19)24-21(31-32-29)23(37-39(10,11)27(5,6)7)20(36-24)17-35-38(8,9)26(2,3)4/h13-16,20-24,30H,12,17H2,1-11H3/t20-,21?,22?,23-,24?/m1/s1.